The molecule has 0 amide bonds. The van der Waals surface area contributed by atoms with Crippen molar-refractivity contribution in [2.75, 3.05) is 0 Å². The van der Waals surface area contributed by atoms with Crippen LogP contribution in [0.15, 0.2) is 52.6 Å². The summed E-state index contributed by atoms with van der Waals surface area (Å²) in [5.74, 6) is 0. The summed E-state index contributed by atoms with van der Waals surface area (Å²) in [7, 11) is -3.97. The Balaban J connectivity index is 0.000000232. The minimum absolute atomic E-state index is 1.22. The number of hydrogen-bond acceptors (Lipinski definition) is 0. The Labute approximate surface area is 107 Å². The van der Waals surface area contributed by atoms with Gasteiger partial charge >= 0.3 is 7.25 Å². The second-order valence-corrected chi connectivity index (χ2v) is 4.00. The molecule has 0 fully saturated rings. The van der Waals surface area contributed by atoms with E-state index in [9.17, 15) is 17.3 Å². The molecular formula is C13H11BF4O. The molecule has 0 spiro atoms. The first-order valence-electron chi connectivity index (χ1n) is 5.59. The summed E-state index contributed by atoms with van der Waals surface area (Å²) >= 11 is 0. The van der Waals surface area contributed by atoms with Crippen LogP contribution in [0.5, 0.6) is 0 Å². The predicted molar refractivity (Wildman–Crippen MR) is 69.5 cm³/mol. The molecule has 0 saturated heterocycles. The van der Waals surface area contributed by atoms with Crippen molar-refractivity contribution in [3.63, 3.8) is 0 Å². The highest BCUT2D eigenvalue weighted by Crippen LogP contribution is 2.32. The first kappa shape index (κ1) is 13.5. The smallest absolute Gasteiger partial charge is 0.537 e. The van der Waals surface area contributed by atoms with Crippen LogP contribution in [0, 0.1) is 0 Å². The van der Waals surface area contributed by atoms with Crippen LogP contribution in [0.25, 0.3) is 21.9 Å². The van der Waals surface area contributed by atoms with E-state index >= 15 is 0 Å². The number of fused-ring (bicyclic) bond motifs is 3. The third-order valence-electron chi connectivity index (χ3n) is 2.72. The fourth-order valence-electron chi connectivity index (χ4n) is 2.03. The Bertz CT molecular complexity index is 643. The van der Waals surface area contributed by atoms with Gasteiger partial charge in [-0.1, -0.05) is 24.3 Å². The van der Waals surface area contributed by atoms with Crippen LogP contribution in [0.2, 0.25) is 0 Å². The highest BCUT2D eigenvalue weighted by atomic mass is 19.5. The molecule has 0 unspecified atom stereocenters. The lowest BCUT2D eigenvalue weighted by molar-refractivity contribution is 0.257. The Morgan fingerprint density at radius 3 is 1.42 bits per heavy atom. The molecule has 0 atom stereocenters. The molecule has 3 rings (SSSR count). The van der Waals surface area contributed by atoms with Crippen molar-refractivity contribution in [1.82, 2.24) is 0 Å². The van der Waals surface area contributed by atoms with Crippen LogP contribution in [-0.2, 0) is 7.11 Å². The van der Waals surface area contributed by atoms with Crippen molar-refractivity contribution in [1.29, 1.82) is 0 Å². The Kier molecular flexibility index (Phi) is 3.51. The summed E-state index contributed by atoms with van der Waals surface area (Å²) in [6, 6.07) is 16.8. The monoisotopic (exact) mass is 270 g/mol. The van der Waals surface area contributed by atoms with Gasteiger partial charge in [-0.2, -0.15) is 0 Å². The fourth-order valence-corrected chi connectivity index (χ4v) is 2.03. The highest BCUT2D eigenvalue weighted by Gasteiger charge is 2.20. The summed E-state index contributed by atoms with van der Waals surface area (Å²) in [4.78, 5) is 0. The van der Waals surface area contributed by atoms with E-state index in [2.05, 4.69) is 52.6 Å². The van der Waals surface area contributed by atoms with E-state index in [4.69, 9.17) is 0 Å². The zero-order valence-electron chi connectivity index (χ0n) is 10.1. The van der Waals surface area contributed by atoms with Crippen LogP contribution < -0.4 is 0 Å². The number of rotatable bonds is 0. The molecule has 0 saturated carbocycles. The van der Waals surface area contributed by atoms with E-state index in [-0.39, 0.29) is 0 Å². The summed E-state index contributed by atoms with van der Waals surface area (Å²) in [6.45, 7) is 0. The van der Waals surface area contributed by atoms with E-state index in [1.54, 1.807) is 0 Å². The summed E-state index contributed by atoms with van der Waals surface area (Å²) in [5, 5.41) is 2.60. The SMILES string of the molecule is C[o+]1c2ccccc2c2ccccc21.F[B-](F)(F)F. The Morgan fingerprint density at radius 2 is 1.05 bits per heavy atom. The average molecular weight is 270 g/mol. The molecule has 0 radical (unpaired) electrons. The molecule has 2 aromatic carbocycles. The number of para-hydroxylation sites is 2. The number of halogens is 4. The maximum Gasteiger partial charge on any atom is 0.673 e. The van der Waals surface area contributed by atoms with Crippen LogP contribution in [0.1, 0.15) is 0 Å². The average Bonchev–Trinajstić information content (AvgIpc) is 2.63. The van der Waals surface area contributed by atoms with E-state index in [1.807, 2.05) is 7.11 Å². The summed E-state index contributed by atoms with van der Waals surface area (Å²) < 4.78 is 42.1. The van der Waals surface area contributed by atoms with Crippen LogP contribution in [-0.4, -0.2) is 7.25 Å². The quantitative estimate of drug-likeness (QED) is 0.303. The van der Waals surface area contributed by atoms with Crippen molar-refractivity contribution < 1.29 is 21.3 Å². The second kappa shape index (κ2) is 4.95. The zero-order valence-corrected chi connectivity index (χ0v) is 10.1. The maximum absolute atomic E-state index is 9.75. The van der Waals surface area contributed by atoms with Gasteiger partial charge in [-0.3, -0.25) is 0 Å². The van der Waals surface area contributed by atoms with Crippen LogP contribution in [0.3, 0.4) is 0 Å². The Morgan fingerprint density at radius 1 is 0.737 bits per heavy atom. The zero-order chi connectivity index (χ0) is 14.0. The highest BCUT2D eigenvalue weighted by molar-refractivity contribution is 6.50. The van der Waals surface area contributed by atoms with Gasteiger partial charge in [-0.05, 0) is 12.1 Å². The van der Waals surface area contributed by atoms with Gasteiger partial charge in [-0.15, -0.1) is 0 Å². The molecule has 1 heterocycles. The summed E-state index contributed by atoms with van der Waals surface area (Å²) in [5.41, 5.74) is 2.43. The van der Waals surface area contributed by atoms with Crippen molar-refractivity contribution in [2.24, 2.45) is 7.11 Å². The standard InChI is InChI=1S/C13H11O.BF4/c1-14-12-8-4-2-6-10(12)11-7-3-5-9-13(11)14;2-1(3,4)5/h2-9H,1H3;/q+1;-1. The third kappa shape index (κ3) is 3.07. The summed E-state index contributed by atoms with van der Waals surface area (Å²) in [6.07, 6.45) is 0. The third-order valence-corrected chi connectivity index (χ3v) is 2.72. The van der Waals surface area contributed by atoms with Gasteiger partial charge in [0.1, 0.15) is 0 Å². The maximum atomic E-state index is 9.75. The molecule has 0 aliphatic rings. The molecule has 19 heavy (non-hydrogen) atoms. The first-order valence-corrected chi connectivity index (χ1v) is 5.59. The van der Waals surface area contributed by atoms with E-state index in [0.29, 0.717) is 0 Å². The predicted octanol–water partition coefficient (Wildman–Crippen LogP) is 5.11. The Hall–Kier alpha value is -1.98. The molecule has 0 aliphatic heterocycles. The number of aryl methyl sites for hydroxylation is 1. The number of furan rings is 1. The lowest BCUT2D eigenvalue weighted by Crippen LogP contribution is -2.02. The topological polar surface area (TPSA) is 2.70 Å². The lowest BCUT2D eigenvalue weighted by Gasteiger charge is -1.94. The van der Waals surface area contributed by atoms with Gasteiger partial charge in [0.15, 0.2) is 7.11 Å². The second-order valence-electron chi connectivity index (χ2n) is 4.00. The number of benzene rings is 2. The first-order chi connectivity index (χ1) is 8.88. The minimum Gasteiger partial charge on any atom is -0.537 e. The van der Waals surface area contributed by atoms with Crippen molar-refractivity contribution >= 4 is 29.2 Å². The molecule has 1 nitrogen and oxygen atoms in total. The van der Waals surface area contributed by atoms with Crippen molar-refractivity contribution in [3.8, 4) is 0 Å². The largest absolute Gasteiger partial charge is 0.673 e. The van der Waals surface area contributed by atoms with Gasteiger partial charge in [0.2, 0.25) is 0 Å². The van der Waals surface area contributed by atoms with Gasteiger partial charge in [0, 0.05) is 12.1 Å². The van der Waals surface area contributed by atoms with Gasteiger partial charge in [0.05, 0.1) is 10.8 Å². The van der Waals surface area contributed by atoms with Crippen LogP contribution in [0.4, 0.5) is 17.3 Å². The number of hydrogen-bond donors (Lipinski definition) is 0. The van der Waals surface area contributed by atoms with Crippen molar-refractivity contribution in [2.45, 2.75) is 0 Å². The van der Waals surface area contributed by atoms with Gasteiger partial charge in [0.25, 0.3) is 11.2 Å². The molecular weight excluding hydrogens is 259 g/mol. The van der Waals surface area contributed by atoms with E-state index in [0.717, 1.165) is 0 Å². The lowest BCUT2D eigenvalue weighted by atomic mass is 10.2. The van der Waals surface area contributed by atoms with Gasteiger partial charge < -0.3 is 21.3 Å². The van der Waals surface area contributed by atoms with Crippen LogP contribution >= 0.6 is 0 Å². The molecule has 0 bridgehead atoms. The minimum atomic E-state index is -6.00. The molecule has 6 heteroatoms. The molecule has 100 valence electrons. The van der Waals surface area contributed by atoms with E-state index < -0.39 is 7.25 Å². The van der Waals surface area contributed by atoms with E-state index in [1.165, 1.54) is 21.9 Å². The van der Waals surface area contributed by atoms with Crippen molar-refractivity contribution in [3.05, 3.63) is 48.5 Å². The van der Waals surface area contributed by atoms with Gasteiger partial charge in [-0.25, -0.2) is 0 Å². The molecule has 1 aromatic heterocycles. The molecule has 0 N–H and O–H groups in total. The molecule has 3 aromatic rings. The molecule has 0 aliphatic carbocycles. The normalized spacial score (nSPS) is 11.4. The fraction of sp³-hybridized carbons (Fsp3) is 0.0769.